The fourth-order valence-corrected chi connectivity index (χ4v) is 3.18. The van der Waals surface area contributed by atoms with Gasteiger partial charge in [0, 0.05) is 17.6 Å². The quantitative estimate of drug-likeness (QED) is 0.919. The number of hydrogen-bond donors (Lipinski definition) is 1. The summed E-state index contributed by atoms with van der Waals surface area (Å²) in [5.74, 6) is 0.0279. The van der Waals surface area contributed by atoms with E-state index in [1.165, 1.54) is 0 Å². The van der Waals surface area contributed by atoms with E-state index in [1.54, 1.807) is 7.11 Å². The number of nitrogens with zero attached hydrogens (tertiary/aromatic N) is 1. The Kier molecular flexibility index (Phi) is 4.65. The summed E-state index contributed by atoms with van der Waals surface area (Å²) in [6, 6.07) is 8.54. The molecule has 3 atom stereocenters. The molecule has 0 bridgehead atoms. The van der Waals surface area contributed by atoms with Crippen molar-refractivity contribution in [1.82, 2.24) is 4.90 Å². The zero-order chi connectivity index (χ0) is 14.7. The molecule has 3 unspecified atom stereocenters. The zero-order valence-electron chi connectivity index (χ0n) is 12.4. The van der Waals surface area contributed by atoms with E-state index in [2.05, 4.69) is 24.8 Å². The van der Waals surface area contributed by atoms with Gasteiger partial charge in [0.2, 0.25) is 0 Å². The van der Waals surface area contributed by atoms with Crippen molar-refractivity contribution in [3.8, 4) is 5.75 Å². The van der Waals surface area contributed by atoms with Gasteiger partial charge >= 0.3 is 5.97 Å². The Morgan fingerprint density at radius 1 is 1.45 bits per heavy atom. The molecule has 0 spiro atoms. The summed E-state index contributed by atoms with van der Waals surface area (Å²) in [6.45, 7) is 5.09. The van der Waals surface area contributed by atoms with Gasteiger partial charge in [0.15, 0.2) is 0 Å². The number of carboxylic acids is 1. The number of piperidine rings is 1. The highest BCUT2D eigenvalue weighted by molar-refractivity contribution is 5.70. The summed E-state index contributed by atoms with van der Waals surface area (Å²) in [6.07, 6.45) is 1.44. The van der Waals surface area contributed by atoms with Gasteiger partial charge in [-0.2, -0.15) is 0 Å². The molecule has 0 aliphatic carbocycles. The van der Waals surface area contributed by atoms with Gasteiger partial charge in [-0.1, -0.05) is 18.2 Å². The van der Waals surface area contributed by atoms with Crippen LogP contribution in [0.5, 0.6) is 5.75 Å². The standard InChI is InChI=1S/C16H23NO3/c1-11-10-13(16(18)19)8-9-17(11)12(2)14-6-4-5-7-15(14)20-3/h4-7,11-13H,8-10H2,1-3H3,(H,18,19). The van der Waals surface area contributed by atoms with Crippen LogP contribution in [-0.4, -0.2) is 35.7 Å². The summed E-state index contributed by atoms with van der Waals surface area (Å²) in [4.78, 5) is 13.5. The molecule has 1 aromatic rings. The molecule has 1 aliphatic rings. The van der Waals surface area contributed by atoms with Crippen LogP contribution in [-0.2, 0) is 4.79 Å². The second-order valence-corrected chi connectivity index (χ2v) is 5.56. The lowest BCUT2D eigenvalue weighted by atomic mass is 9.89. The van der Waals surface area contributed by atoms with Crippen LogP contribution in [0, 0.1) is 5.92 Å². The normalized spacial score (nSPS) is 25.1. The maximum absolute atomic E-state index is 11.1. The molecule has 20 heavy (non-hydrogen) atoms. The van der Waals surface area contributed by atoms with Crippen molar-refractivity contribution in [2.24, 2.45) is 5.92 Å². The van der Waals surface area contributed by atoms with Gasteiger partial charge in [-0.3, -0.25) is 9.69 Å². The average molecular weight is 277 g/mol. The molecule has 1 fully saturated rings. The van der Waals surface area contributed by atoms with E-state index in [4.69, 9.17) is 9.84 Å². The Morgan fingerprint density at radius 2 is 2.15 bits per heavy atom. The minimum Gasteiger partial charge on any atom is -0.496 e. The molecular formula is C16H23NO3. The number of methoxy groups -OCH3 is 1. The minimum absolute atomic E-state index is 0.203. The molecular weight excluding hydrogens is 254 g/mol. The number of hydrogen-bond acceptors (Lipinski definition) is 3. The van der Waals surface area contributed by atoms with Gasteiger partial charge in [-0.15, -0.1) is 0 Å². The van der Waals surface area contributed by atoms with Gasteiger partial charge in [0.1, 0.15) is 5.75 Å². The highest BCUT2D eigenvalue weighted by atomic mass is 16.5. The summed E-state index contributed by atoms with van der Waals surface area (Å²) in [7, 11) is 1.69. The van der Waals surface area contributed by atoms with Crippen LogP contribution in [0.4, 0.5) is 0 Å². The molecule has 0 aromatic heterocycles. The third-order valence-electron chi connectivity index (χ3n) is 4.36. The molecule has 2 rings (SSSR count). The lowest BCUT2D eigenvalue weighted by Gasteiger charge is -2.40. The van der Waals surface area contributed by atoms with Crippen molar-refractivity contribution in [1.29, 1.82) is 0 Å². The zero-order valence-corrected chi connectivity index (χ0v) is 12.4. The van der Waals surface area contributed by atoms with Gasteiger partial charge in [0.25, 0.3) is 0 Å². The van der Waals surface area contributed by atoms with E-state index >= 15 is 0 Å². The number of carbonyl (C=O) groups is 1. The van der Waals surface area contributed by atoms with E-state index in [0.29, 0.717) is 0 Å². The number of carboxylic acid groups (broad SMARTS) is 1. The van der Waals surface area contributed by atoms with Crippen LogP contribution < -0.4 is 4.74 Å². The average Bonchev–Trinajstić information content (AvgIpc) is 2.46. The number of benzene rings is 1. The minimum atomic E-state index is -0.665. The van der Waals surface area contributed by atoms with E-state index in [9.17, 15) is 4.79 Å². The smallest absolute Gasteiger partial charge is 0.306 e. The van der Waals surface area contributed by atoms with Crippen LogP contribution in [0.15, 0.2) is 24.3 Å². The molecule has 1 aromatic carbocycles. The molecule has 110 valence electrons. The molecule has 4 nitrogen and oxygen atoms in total. The Hall–Kier alpha value is -1.55. The maximum Gasteiger partial charge on any atom is 0.306 e. The van der Waals surface area contributed by atoms with Crippen LogP contribution in [0.2, 0.25) is 0 Å². The predicted molar refractivity (Wildman–Crippen MR) is 77.9 cm³/mol. The third kappa shape index (κ3) is 2.96. The Balaban J connectivity index is 2.13. The molecule has 1 saturated heterocycles. The lowest BCUT2D eigenvalue weighted by Crippen LogP contribution is -2.43. The van der Waals surface area contributed by atoms with Gasteiger partial charge < -0.3 is 9.84 Å². The molecule has 1 N–H and O–H groups in total. The van der Waals surface area contributed by atoms with Crippen LogP contribution >= 0.6 is 0 Å². The van der Waals surface area contributed by atoms with E-state index in [-0.39, 0.29) is 18.0 Å². The molecule has 1 heterocycles. The fourth-order valence-electron chi connectivity index (χ4n) is 3.18. The number of rotatable bonds is 4. The van der Waals surface area contributed by atoms with Crippen molar-refractivity contribution in [3.05, 3.63) is 29.8 Å². The summed E-state index contributed by atoms with van der Waals surface area (Å²) >= 11 is 0. The van der Waals surface area contributed by atoms with Crippen LogP contribution in [0.3, 0.4) is 0 Å². The SMILES string of the molecule is COc1ccccc1C(C)N1CCC(C(=O)O)CC1C. The topological polar surface area (TPSA) is 49.8 Å². The Bertz CT molecular complexity index is 475. The molecule has 4 heteroatoms. The first kappa shape index (κ1) is 14.9. The molecule has 0 saturated carbocycles. The van der Waals surface area contributed by atoms with Crippen LogP contribution in [0.25, 0.3) is 0 Å². The predicted octanol–water partition coefficient (Wildman–Crippen LogP) is 2.94. The van der Waals surface area contributed by atoms with Crippen LogP contribution in [0.1, 0.15) is 38.3 Å². The molecule has 0 amide bonds. The molecule has 1 aliphatic heterocycles. The van der Waals surface area contributed by atoms with Gasteiger partial charge in [-0.25, -0.2) is 0 Å². The number of likely N-dealkylation sites (tertiary alicyclic amines) is 1. The van der Waals surface area contributed by atoms with Crippen molar-refractivity contribution < 1.29 is 14.6 Å². The van der Waals surface area contributed by atoms with Crippen molar-refractivity contribution in [2.45, 2.75) is 38.8 Å². The second-order valence-electron chi connectivity index (χ2n) is 5.56. The van der Waals surface area contributed by atoms with Crippen molar-refractivity contribution in [3.63, 3.8) is 0 Å². The third-order valence-corrected chi connectivity index (χ3v) is 4.36. The lowest BCUT2D eigenvalue weighted by molar-refractivity contribution is -0.144. The largest absolute Gasteiger partial charge is 0.496 e. The van der Waals surface area contributed by atoms with Crippen molar-refractivity contribution >= 4 is 5.97 Å². The Labute approximate surface area is 120 Å². The van der Waals surface area contributed by atoms with Gasteiger partial charge in [0.05, 0.1) is 13.0 Å². The maximum atomic E-state index is 11.1. The monoisotopic (exact) mass is 277 g/mol. The highest BCUT2D eigenvalue weighted by Gasteiger charge is 2.33. The highest BCUT2D eigenvalue weighted by Crippen LogP contribution is 2.34. The first-order valence-electron chi connectivity index (χ1n) is 7.16. The first-order chi connectivity index (χ1) is 9.54. The van der Waals surface area contributed by atoms with E-state index in [1.807, 2.05) is 18.2 Å². The summed E-state index contributed by atoms with van der Waals surface area (Å²) in [5, 5.41) is 9.14. The second kappa shape index (κ2) is 6.27. The number of aliphatic carboxylic acids is 1. The van der Waals surface area contributed by atoms with Crippen molar-refractivity contribution in [2.75, 3.05) is 13.7 Å². The van der Waals surface area contributed by atoms with E-state index < -0.39 is 5.97 Å². The first-order valence-corrected chi connectivity index (χ1v) is 7.16. The number of ether oxygens (including phenoxy) is 1. The van der Waals surface area contributed by atoms with E-state index in [0.717, 1.165) is 30.7 Å². The fraction of sp³-hybridized carbons (Fsp3) is 0.562. The van der Waals surface area contributed by atoms with Gasteiger partial charge in [-0.05, 0) is 39.3 Å². The Morgan fingerprint density at radius 3 is 2.75 bits per heavy atom. The number of para-hydroxylation sites is 1. The summed E-state index contributed by atoms with van der Waals surface area (Å²) in [5.41, 5.74) is 1.16. The summed E-state index contributed by atoms with van der Waals surface area (Å²) < 4.78 is 5.43. The molecule has 0 radical (unpaired) electrons.